The van der Waals surface area contributed by atoms with Crippen molar-refractivity contribution in [2.75, 3.05) is 13.1 Å². The maximum absolute atomic E-state index is 13.2. The Balaban J connectivity index is 1.69. The van der Waals surface area contributed by atoms with Gasteiger partial charge in [0.1, 0.15) is 5.82 Å². The van der Waals surface area contributed by atoms with Crippen molar-refractivity contribution in [2.45, 2.75) is 35.6 Å². The summed E-state index contributed by atoms with van der Waals surface area (Å²) in [7, 11) is -7.37. The predicted molar refractivity (Wildman–Crippen MR) is 99.5 cm³/mol. The summed E-state index contributed by atoms with van der Waals surface area (Å²) in [6, 6.07) is 10.8. The molecule has 1 fully saturated rings. The van der Waals surface area contributed by atoms with Crippen LogP contribution in [0.2, 0.25) is 0 Å². The van der Waals surface area contributed by atoms with E-state index in [2.05, 4.69) is 4.72 Å². The average molecular weight is 413 g/mol. The molecule has 0 aliphatic carbocycles. The topological polar surface area (TPSA) is 83.5 Å². The molecule has 0 saturated carbocycles. The Hall–Kier alpha value is -1.81. The summed E-state index contributed by atoms with van der Waals surface area (Å²) >= 11 is 0. The molecule has 0 amide bonds. The van der Waals surface area contributed by atoms with Crippen molar-refractivity contribution < 1.29 is 21.2 Å². The van der Waals surface area contributed by atoms with E-state index in [9.17, 15) is 21.2 Å². The molecule has 6 nitrogen and oxygen atoms in total. The van der Waals surface area contributed by atoms with Crippen LogP contribution in [0.1, 0.15) is 24.8 Å². The SMILES string of the molecule is O=S(=O)(NCc1ccc(S(=O)(=O)N2CCCCC2)cc1)c1cccc(F)c1. The van der Waals surface area contributed by atoms with E-state index >= 15 is 0 Å². The van der Waals surface area contributed by atoms with Gasteiger partial charge in [-0.25, -0.2) is 25.9 Å². The van der Waals surface area contributed by atoms with Gasteiger partial charge in [0.2, 0.25) is 20.0 Å². The van der Waals surface area contributed by atoms with Gasteiger partial charge in [0.05, 0.1) is 9.79 Å². The molecule has 3 rings (SSSR count). The smallest absolute Gasteiger partial charge is 0.207 e. The lowest BCUT2D eigenvalue weighted by Gasteiger charge is -2.25. The number of hydrogen-bond donors (Lipinski definition) is 1. The first-order valence-electron chi connectivity index (χ1n) is 8.63. The fraction of sp³-hybridized carbons (Fsp3) is 0.333. The van der Waals surface area contributed by atoms with E-state index in [-0.39, 0.29) is 16.3 Å². The Bertz CT molecular complexity index is 1000. The molecule has 2 aromatic rings. The maximum atomic E-state index is 13.2. The van der Waals surface area contributed by atoms with Gasteiger partial charge in [-0.15, -0.1) is 0 Å². The molecule has 1 aliphatic heterocycles. The highest BCUT2D eigenvalue weighted by molar-refractivity contribution is 7.89. The second-order valence-corrected chi connectivity index (χ2v) is 10.1. The second kappa shape index (κ2) is 8.05. The summed E-state index contributed by atoms with van der Waals surface area (Å²) in [5.41, 5.74) is 0.604. The van der Waals surface area contributed by atoms with Crippen molar-refractivity contribution in [1.29, 1.82) is 0 Å². The Kier molecular flexibility index (Phi) is 5.95. The molecule has 0 radical (unpaired) electrons. The van der Waals surface area contributed by atoms with Gasteiger partial charge in [-0.2, -0.15) is 4.31 Å². The summed E-state index contributed by atoms with van der Waals surface area (Å²) < 4.78 is 66.7. The number of halogens is 1. The van der Waals surface area contributed by atoms with Crippen LogP contribution in [0.15, 0.2) is 58.3 Å². The van der Waals surface area contributed by atoms with Gasteiger partial charge in [0.25, 0.3) is 0 Å². The van der Waals surface area contributed by atoms with Crippen LogP contribution in [0.4, 0.5) is 4.39 Å². The highest BCUT2D eigenvalue weighted by atomic mass is 32.2. The second-order valence-electron chi connectivity index (χ2n) is 6.39. The van der Waals surface area contributed by atoms with Crippen molar-refractivity contribution in [1.82, 2.24) is 9.03 Å². The third-order valence-corrected chi connectivity index (χ3v) is 7.76. The van der Waals surface area contributed by atoms with Crippen molar-refractivity contribution in [3.05, 3.63) is 59.9 Å². The van der Waals surface area contributed by atoms with E-state index in [4.69, 9.17) is 0 Å². The maximum Gasteiger partial charge on any atom is 0.243 e. The molecule has 9 heteroatoms. The first-order valence-corrected chi connectivity index (χ1v) is 11.6. The number of piperidine rings is 1. The van der Waals surface area contributed by atoms with Gasteiger partial charge in [0, 0.05) is 19.6 Å². The molecule has 27 heavy (non-hydrogen) atoms. The third-order valence-electron chi connectivity index (χ3n) is 4.45. The first kappa shape index (κ1) is 19.9. The molecular weight excluding hydrogens is 391 g/mol. The molecule has 2 aromatic carbocycles. The van der Waals surface area contributed by atoms with Gasteiger partial charge in [0.15, 0.2) is 0 Å². The molecule has 0 bridgehead atoms. The Labute approximate surface area is 159 Å². The lowest BCUT2D eigenvalue weighted by Crippen LogP contribution is -2.35. The summed E-state index contributed by atoms with van der Waals surface area (Å²) in [4.78, 5) is 0.0351. The summed E-state index contributed by atoms with van der Waals surface area (Å²) in [5.74, 6) is -0.634. The van der Waals surface area contributed by atoms with Crippen LogP contribution in [0, 0.1) is 5.82 Å². The Morgan fingerprint density at radius 1 is 0.889 bits per heavy atom. The van der Waals surface area contributed by atoms with Crippen LogP contribution in [-0.2, 0) is 26.6 Å². The molecule has 0 unspecified atom stereocenters. The normalized spacial score (nSPS) is 16.3. The van der Waals surface area contributed by atoms with E-state index in [0.717, 1.165) is 25.3 Å². The average Bonchev–Trinajstić information content (AvgIpc) is 2.67. The zero-order valence-corrected chi connectivity index (χ0v) is 16.3. The molecule has 146 valence electrons. The zero-order valence-electron chi connectivity index (χ0n) is 14.6. The molecule has 0 spiro atoms. The third kappa shape index (κ3) is 4.73. The number of hydrogen-bond acceptors (Lipinski definition) is 4. The zero-order chi connectivity index (χ0) is 19.5. The van der Waals surface area contributed by atoms with Gasteiger partial charge in [-0.3, -0.25) is 0 Å². The highest BCUT2D eigenvalue weighted by Gasteiger charge is 2.25. The number of benzene rings is 2. The van der Waals surface area contributed by atoms with Crippen LogP contribution in [-0.4, -0.2) is 34.2 Å². The van der Waals surface area contributed by atoms with Crippen LogP contribution in [0.3, 0.4) is 0 Å². The quantitative estimate of drug-likeness (QED) is 0.790. The van der Waals surface area contributed by atoms with Crippen LogP contribution >= 0.6 is 0 Å². The van der Waals surface area contributed by atoms with Crippen LogP contribution < -0.4 is 4.72 Å². The molecule has 0 atom stereocenters. The van der Waals surface area contributed by atoms with Gasteiger partial charge in [-0.05, 0) is 48.7 Å². The number of rotatable bonds is 6. The fourth-order valence-corrected chi connectivity index (χ4v) is 5.50. The number of sulfonamides is 2. The molecular formula is C18H21FN2O4S2. The summed E-state index contributed by atoms with van der Waals surface area (Å²) in [5, 5.41) is 0. The fourth-order valence-electron chi connectivity index (χ4n) is 2.93. The Morgan fingerprint density at radius 3 is 2.19 bits per heavy atom. The summed E-state index contributed by atoms with van der Waals surface area (Å²) in [6.45, 7) is 1.03. The van der Waals surface area contributed by atoms with Crippen molar-refractivity contribution in [2.24, 2.45) is 0 Å². The highest BCUT2D eigenvalue weighted by Crippen LogP contribution is 2.21. The van der Waals surface area contributed by atoms with Gasteiger partial charge in [-0.1, -0.05) is 24.6 Å². The van der Waals surface area contributed by atoms with E-state index < -0.39 is 25.9 Å². The lowest BCUT2D eigenvalue weighted by atomic mass is 10.2. The standard InChI is InChI=1S/C18H21FN2O4S2/c19-16-5-4-6-18(13-16)26(22,23)20-14-15-7-9-17(10-8-15)27(24,25)21-11-2-1-3-12-21/h4-10,13,20H,1-3,11-12,14H2. The van der Waals surface area contributed by atoms with Crippen LogP contribution in [0.5, 0.6) is 0 Å². The van der Waals surface area contributed by atoms with E-state index in [1.807, 2.05) is 0 Å². The minimum atomic E-state index is -3.85. The van der Waals surface area contributed by atoms with Crippen molar-refractivity contribution in [3.8, 4) is 0 Å². The number of nitrogens with zero attached hydrogens (tertiary/aromatic N) is 1. The summed E-state index contributed by atoms with van der Waals surface area (Å²) in [6.07, 6.45) is 2.76. The van der Waals surface area contributed by atoms with Crippen molar-refractivity contribution in [3.63, 3.8) is 0 Å². The molecule has 0 aromatic heterocycles. The Morgan fingerprint density at radius 2 is 1.56 bits per heavy atom. The van der Waals surface area contributed by atoms with Crippen LogP contribution in [0.25, 0.3) is 0 Å². The van der Waals surface area contributed by atoms with E-state index in [0.29, 0.717) is 18.7 Å². The first-order chi connectivity index (χ1) is 12.8. The van der Waals surface area contributed by atoms with Crippen molar-refractivity contribution >= 4 is 20.0 Å². The minimum Gasteiger partial charge on any atom is -0.207 e. The monoisotopic (exact) mass is 412 g/mol. The lowest BCUT2D eigenvalue weighted by molar-refractivity contribution is 0.346. The van der Waals surface area contributed by atoms with E-state index in [1.54, 1.807) is 12.1 Å². The minimum absolute atomic E-state index is 0.0249. The van der Waals surface area contributed by atoms with E-state index in [1.165, 1.54) is 34.6 Å². The van der Waals surface area contributed by atoms with Gasteiger partial charge >= 0.3 is 0 Å². The molecule has 1 heterocycles. The predicted octanol–water partition coefficient (Wildman–Crippen LogP) is 2.48. The largest absolute Gasteiger partial charge is 0.243 e. The molecule has 1 aliphatic rings. The molecule has 1 saturated heterocycles. The van der Waals surface area contributed by atoms with Gasteiger partial charge < -0.3 is 0 Å². The molecule has 1 N–H and O–H groups in total. The number of nitrogens with one attached hydrogen (secondary N) is 1.